The number of para-hydroxylation sites is 1. The summed E-state index contributed by atoms with van der Waals surface area (Å²) in [6, 6.07) is 12.4. The zero-order valence-corrected chi connectivity index (χ0v) is 13.1. The molecule has 2 aromatic rings. The largest absolute Gasteiger partial charge is 0.482 e. The lowest BCUT2D eigenvalue weighted by molar-refractivity contribution is -0.501. The topological polar surface area (TPSA) is 84.7 Å². The maximum Gasteiger partial charge on any atom is 0.280 e. The number of amides is 1. The molecule has 0 fully saturated rings. The van der Waals surface area contributed by atoms with Gasteiger partial charge >= 0.3 is 0 Å². The lowest BCUT2D eigenvalue weighted by Gasteiger charge is -2.15. The van der Waals surface area contributed by atoms with Gasteiger partial charge in [-0.25, -0.2) is 15.5 Å². The quantitative estimate of drug-likeness (QED) is 0.635. The summed E-state index contributed by atoms with van der Waals surface area (Å²) in [7, 11) is 0. The van der Waals surface area contributed by atoms with E-state index in [1.807, 2.05) is 0 Å². The van der Waals surface area contributed by atoms with Gasteiger partial charge < -0.3 is 4.74 Å². The van der Waals surface area contributed by atoms with Gasteiger partial charge in [0.05, 0.1) is 5.02 Å². The molecule has 7 nitrogen and oxygen atoms in total. The first kappa shape index (κ1) is 16.9. The summed E-state index contributed by atoms with van der Waals surface area (Å²) < 4.78 is 5.22. The minimum absolute atomic E-state index is 0.204. The molecule has 0 aliphatic carbocycles. The summed E-state index contributed by atoms with van der Waals surface area (Å²) in [6.07, 6.45) is 0. The van der Waals surface area contributed by atoms with E-state index in [4.69, 9.17) is 27.9 Å². The van der Waals surface area contributed by atoms with Gasteiger partial charge in [-0.05, 0) is 30.3 Å². The highest BCUT2D eigenvalue weighted by molar-refractivity contribution is 6.35. The number of halogens is 2. The predicted octanol–water partition coefficient (Wildman–Crippen LogP) is 3.10. The number of anilines is 1. The van der Waals surface area contributed by atoms with Crippen molar-refractivity contribution in [3.05, 3.63) is 68.7 Å². The highest BCUT2D eigenvalue weighted by atomic mass is 35.5. The number of hydrazine groups is 2. The summed E-state index contributed by atoms with van der Waals surface area (Å²) in [6.45, 7) is -0.446. The molecule has 23 heavy (non-hydrogen) atoms. The molecule has 0 heterocycles. The molecule has 0 saturated carbocycles. The average Bonchev–Trinajstić information content (AvgIpc) is 2.52. The molecule has 0 aliphatic heterocycles. The van der Waals surface area contributed by atoms with Crippen molar-refractivity contribution < 1.29 is 14.6 Å². The molecule has 0 atom stereocenters. The Hall–Kier alpha value is -2.51. The summed E-state index contributed by atoms with van der Waals surface area (Å²) in [5.74, 6) is -0.463. The van der Waals surface area contributed by atoms with Crippen LogP contribution in [0, 0.1) is 10.1 Å². The van der Waals surface area contributed by atoms with Crippen LogP contribution in [0.4, 0.5) is 5.69 Å². The molecule has 1 amide bonds. The number of hydrogen-bond acceptors (Lipinski definition) is 4. The van der Waals surface area contributed by atoms with E-state index in [-0.39, 0.29) is 16.5 Å². The van der Waals surface area contributed by atoms with E-state index >= 15 is 0 Å². The fraction of sp³-hybridized carbons (Fsp3) is 0.0714. The van der Waals surface area contributed by atoms with Crippen LogP contribution >= 0.6 is 23.2 Å². The van der Waals surface area contributed by atoms with Crippen molar-refractivity contribution in [3.63, 3.8) is 0 Å². The van der Waals surface area contributed by atoms with E-state index in [1.165, 1.54) is 24.3 Å². The third kappa shape index (κ3) is 4.73. The Morgan fingerprint density at radius 1 is 1.22 bits per heavy atom. The number of nitrogens with one attached hydrogen (secondary N) is 1. The smallest absolute Gasteiger partial charge is 0.280 e. The van der Waals surface area contributed by atoms with E-state index < -0.39 is 17.5 Å². The third-order valence-corrected chi connectivity index (χ3v) is 3.18. The maximum absolute atomic E-state index is 11.8. The van der Waals surface area contributed by atoms with Gasteiger partial charge in [-0.15, -0.1) is 0 Å². The van der Waals surface area contributed by atoms with Gasteiger partial charge in [0.2, 0.25) is 0 Å². The van der Waals surface area contributed by atoms with Crippen molar-refractivity contribution in [2.45, 2.75) is 0 Å². The number of ether oxygens (including phenoxy) is 1. The van der Waals surface area contributed by atoms with E-state index in [0.29, 0.717) is 10.1 Å². The summed E-state index contributed by atoms with van der Waals surface area (Å²) in [5.41, 5.74) is 2.34. The lowest BCUT2D eigenvalue weighted by atomic mass is 10.3. The van der Waals surface area contributed by atoms with Crippen molar-refractivity contribution in [1.82, 2.24) is 5.43 Å². The molecule has 2 rings (SSSR count). The fourth-order valence-corrected chi connectivity index (χ4v) is 2.12. The van der Waals surface area contributed by atoms with Crippen molar-refractivity contribution in [2.24, 2.45) is 0 Å². The second-order valence-corrected chi connectivity index (χ2v) is 5.13. The van der Waals surface area contributed by atoms with Gasteiger partial charge in [0.15, 0.2) is 11.6 Å². The van der Waals surface area contributed by atoms with Crippen molar-refractivity contribution >= 4 is 34.8 Å². The van der Waals surface area contributed by atoms with Crippen molar-refractivity contribution in [1.29, 1.82) is 0 Å². The first-order chi connectivity index (χ1) is 11.0. The summed E-state index contributed by atoms with van der Waals surface area (Å²) in [5, 5.41) is 11.5. The molecule has 0 saturated heterocycles. The number of nitro groups is 1. The van der Waals surface area contributed by atoms with Crippen LogP contribution in [0.15, 0.2) is 48.5 Å². The zero-order chi connectivity index (χ0) is 16.8. The maximum atomic E-state index is 11.8. The van der Waals surface area contributed by atoms with Crippen LogP contribution in [0.5, 0.6) is 5.75 Å². The number of benzene rings is 2. The predicted molar refractivity (Wildman–Crippen MR) is 86.0 cm³/mol. The SMILES string of the molecule is O=C(COc1ccc(Cl)cc1Cl)NN(c1ccccc1)[N+](=O)[O-]. The van der Waals surface area contributed by atoms with Crippen LogP contribution in [0.2, 0.25) is 10.0 Å². The second kappa shape index (κ2) is 7.66. The zero-order valence-electron chi connectivity index (χ0n) is 11.6. The van der Waals surface area contributed by atoms with Crippen LogP contribution in [0.3, 0.4) is 0 Å². The highest BCUT2D eigenvalue weighted by Crippen LogP contribution is 2.27. The molecule has 2 aromatic carbocycles. The molecule has 9 heteroatoms. The van der Waals surface area contributed by atoms with Gasteiger partial charge in [-0.3, -0.25) is 4.79 Å². The van der Waals surface area contributed by atoms with E-state index in [0.717, 1.165) is 0 Å². The van der Waals surface area contributed by atoms with Crippen molar-refractivity contribution in [2.75, 3.05) is 11.7 Å². The van der Waals surface area contributed by atoms with Gasteiger partial charge in [0.25, 0.3) is 5.91 Å². The Morgan fingerprint density at radius 3 is 2.52 bits per heavy atom. The molecular formula is C14H11Cl2N3O4. The molecule has 0 aliphatic rings. The van der Waals surface area contributed by atoms with Crippen molar-refractivity contribution in [3.8, 4) is 5.75 Å². The van der Waals surface area contributed by atoms with E-state index in [2.05, 4.69) is 5.43 Å². The first-order valence-corrected chi connectivity index (χ1v) is 7.10. The minimum atomic E-state index is -0.748. The summed E-state index contributed by atoms with van der Waals surface area (Å²) >= 11 is 11.7. The van der Waals surface area contributed by atoms with Gasteiger partial charge in [-0.1, -0.05) is 41.4 Å². The molecule has 1 N–H and O–H groups in total. The average molecular weight is 356 g/mol. The minimum Gasteiger partial charge on any atom is -0.482 e. The lowest BCUT2D eigenvalue weighted by Crippen LogP contribution is -2.48. The van der Waals surface area contributed by atoms with Crippen LogP contribution in [-0.2, 0) is 4.79 Å². The van der Waals surface area contributed by atoms with Crippen LogP contribution in [0.25, 0.3) is 0 Å². The molecule has 0 bridgehead atoms. The van der Waals surface area contributed by atoms with Gasteiger partial charge in [0.1, 0.15) is 11.4 Å². The van der Waals surface area contributed by atoms with Crippen LogP contribution < -0.4 is 15.3 Å². The number of carbonyl (C=O) groups is 1. The molecule has 0 aromatic heterocycles. The van der Waals surface area contributed by atoms with Crippen LogP contribution in [-0.4, -0.2) is 17.5 Å². The summed E-state index contributed by atoms with van der Waals surface area (Å²) in [4.78, 5) is 22.9. The monoisotopic (exact) mass is 355 g/mol. The standard InChI is InChI=1S/C14H11Cl2N3O4/c15-10-6-7-13(12(16)8-10)23-9-14(20)17-18(19(21)22)11-4-2-1-3-5-11/h1-8H,9H2,(H,17,20). The van der Waals surface area contributed by atoms with E-state index in [9.17, 15) is 14.9 Å². The highest BCUT2D eigenvalue weighted by Gasteiger charge is 2.20. The number of rotatable bonds is 6. The Morgan fingerprint density at radius 2 is 1.91 bits per heavy atom. The first-order valence-electron chi connectivity index (χ1n) is 6.34. The van der Waals surface area contributed by atoms with Gasteiger partial charge in [-0.2, -0.15) is 0 Å². The molecule has 0 unspecified atom stereocenters. The Balaban J connectivity index is 1.98. The Kier molecular flexibility index (Phi) is 5.61. The third-order valence-electron chi connectivity index (χ3n) is 2.65. The Labute approximate surface area is 141 Å². The number of hydrogen-bond donors (Lipinski definition) is 1. The van der Waals surface area contributed by atoms with Gasteiger partial charge in [0, 0.05) is 10.1 Å². The molecular weight excluding hydrogens is 345 g/mol. The molecule has 0 radical (unpaired) electrons. The second-order valence-electron chi connectivity index (χ2n) is 4.28. The number of carbonyl (C=O) groups excluding carboxylic acids is 1. The Bertz CT molecular complexity index is 712. The van der Waals surface area contributed by atoms with E-state index in [1.54, 1.807) is 24.3 Å². The normalized spacial score (nSPS) is 10.0. The fourth-order valence-electron chi connectivity index (χ4n) is 1.65. The molecule has 0 spiro atoms. The molecule has 120 valence electrons. The van der Waals surface area contributed by atoms with Crippen LogP contribution in [0.1, 0.15) is 0 Å². The number of nitrogens with zero attached hydrogens (tertiary/aromatic N) is 2.